The van der Waals surface area contributed by atoms with Gasteiger partial charge in [0.2, 0.25) is 0 Å². The van der Waals surface area contributed by atoms with Crippen LogP contribution in [0.5, 0.6) is 0 Å². The molecule has 2 nitrogen and oxygen atoms in total. The highest BCUT2D eigenvalue weighted by molar-refractivity contribution is 7.13. The zero-order valence-electron chi connectivity index (χ0n) is 40.4. The molecular formula is C60H55N2S5+. The molecule has 12 rings (SSSR count). The fourth-order valence-corrected chi connectivity index (χ4v) is 15.2. The van der Waals surface area contributed by atoms with E-state index in [1.807, 2.05) is 56.7 Å². The molecule has 2 aliphatic carbocycles. The normalized spacial score (nSPS) is 17.3. The highest BCUT2D eigenvalue weighted by Gasteiger charge is 2.38. The number of benzene rings is 2. The Balaban J connectivity index is 1.26. The van der Waals surface area contributed by atoms with Crippen LogP contribution in [-0.2, 0) is 10.8 Å². The summed E-state index contributed by atoms with van der Waals surface area (Å²) < 4.78 is 12.8. The van der Waals surface area contributed by atoms with E-state index in [4.69, 9.17) is 9.98 Å². The fourth-order valence-electron chi connectivity index (χ4n) is 9.80. The van der Waals surface area contributed by atoms with Gasteiger partial charge < -0.3 is 0 Å². The van der Waals surface area contributed by atoms with Crippen molar-refractivity contribution in [3.63, 3.8) is 0 Å². The Hall–Kier alpha value is -4.89. The van der Waals surface area contributed by atoms with Crippen LogP contribution in [0, 0.1) is 63.9 Å². The molecule has 7 heteroatoms. The number of thiophene rings is 5. The number of hydrogen-bond acceptors (Lipinski definition) is 7. The largest absolute Gasteiger partial charge is 0.271 e. The van der Waals surface area contributed by atoms with Crippen LogP contribution in [0.3, 0.4) is 0 Å². The van der Waals surface area contributed by atoms with E-state index in [0.29, 0.717) is 0 Å². The molecule has 0 N–H and O–H groups in total. The first-order valence-electron chi connectivity index (χ1n) is 23.5. The number of rotatable bonds is 0. The van der Waals surface area contributed by atoms with E-state index in [1.54, 1.807) is 0 Å². The molecule has 0 fully saturated rings. The fraction of sp³-hybridized carbons (Fsp3) is 0.283. The van der Waals surface area contributed by atoms with Crippen LogP contribution in [-0.4, -0.2) is 6.04 Å². The van der Waals surface area contributed by atoms with E-state index in [1.165, 1.54) is 111 Å². The zero-order chi connectivity index (χ0) is 46.7. The lowest BCUT2D eigenvalue weighted by Gasteiger charge is -2.28. The van der Waals surface area contributed by atoms with Gasteiger partial charge in [0.1, 0.15) is 16.1 Å². The molecule has 0 saturated heterocycles. The van der Waals surface area contributed by atoms with Gasteiger partial charge in [-0.3, -0.25) is 4.99 Å². The Labute approximate surface area is 411 Å². The number of nitrogens with zero attached hydrogens (tertiary/aromatic N) is 2. The van der Waals surface area contributed by atoms with E-state index in [9.17, 15) is 0 Å². The molecule has 5 aliphatic rings. The Morgan fingerprint density at radius 1 is 0.448 bits per heavy atom. The molecule has 5 aromatic heterocycles. The summed E-state index contributed by atoms with van der Waals surface area (Å²) in [4.78, 5) is 11.4. The molecular weight excluding hydrogens is 909 g/mol. The third-order valence-corrected chi connectivity index (χ3v) is 20.1. The molecule has 2 aromatic carbocycles. The molecule has 334 valence electrons. The molecule has 67 heavy (non-hydrogen) atoms. The summed E-state index contributed by atoms with van der Waals surface area (Å²) in [5.74, 6) is 0. The topological polar surface area (TPSA) is 24.7 Å². The summed E-state index contributed by atoms with van der Waals surface area (Å²) in [5, 5.41) is 4.66. The van der Waals surface area contributed by atoms with E-state index >= 15 is 0 Å². The minimum absolute atomic E-state index is 0.0260. The highest BCUT2D eigenvalue weighted by Crippen LogP contribution is 2.44. The first-order chi connectivity index (χ1) is 31.7. The van der Waals surface area contributed by atoms with Crippen molar-refractivity contribution in [1.29, 1.82) is 0 Å². The average Bonchev–Trinajstić information content (AvgIpc) is 4.12. The first kappa shape index (κ1) is 43.4. The Morgan fingerprint density at radius 3 is 1.45 bits per heavy atom. The summed E-state index contributed by atoms with van der Waals surface area (Å²) in [7, 11) is 0. The molecule has 3 aliphatic heterocycles. The van der Waals surface area contributed by atoms with Gasteiger partial charge in [-0.1, -0.05) is 107 Å². The lowest BCUT2D eigenvalue weighted by molar-refractivity contribution is 0.512. The summed E-state index contributed by atoms with van der Waals surface area (Å²) in [5.41, 5.74) is 13.9. The van der Waals surface area contributed by atoms with Gasteiger partial charge in [-0.15, -0.1) is 45.3 Å². The van der Waals surface area contributed by atoms with Gasteiger partial charge in [0.05, 0.1) is 20.8 Å². The van der Waals surface area contributed by atoms with Gasteiger partial charge in [0.15, 0.2) is 5.70 Å². The second-order valence-electron chi connectivity index (χ2n) is 22.9. The smallest absolute Gasteiger partial charge is 0.169 e. The quantitative estimate of drug-likeness (QED) is 0.135. The molecule has 0 amide bonds. The third kappa shape index (κ3) is 7.21. The van der Waals surface area contributed by atoms with Crippen LogP contribution in [0.1, 0.15) is 105 Å². The summed E-state index contributed by atoms with van der Waals surface area (Å²) in [6.07, 6.45) is 9.79. The van der Waals surface area contributed by atoms with Gasteiger partial charge in [-0.05, 0) is 123 Å². The van der Waals surface area contributed by atoms with Crippen LogP contribution < -0.4 is 19.8 Å². The van der Waals surface area contributed by atoms with E-state index in [0.717, 1.165) is 16.4 Å². The van der Waals surface area contributed by atoms with Gasteiger partial charge in [0.25, 0.3) is 0 Å². The Bertz CT molecular complexity index is 4280. The van der Waals surface area contributed by atoms with Gasteiger partial charge in [-0.2, -0.15) is 4.99 Å². The van der Waals surface area contributed by atoms with Crippen molar-refractivity contribution in [2.75, 3.05) is 0 Å². The van der Waals surface area contributed by atoms with Crippen molar-refractivity contribution in [2.45, 2.75) is 100.0 Å². The number of allylic oxidation sites excluding steroid dienone is 6. The minimum atomic E-state index is -0.0621. The zero-order valence-corrected chi connectivity index (χ0v) is 44.5. The predicted octanol–water partition coefficient (Wildman–Crippen LogP) is 13.9. The van der Waals surface area contributed by atoms with Gasteiger partial charge in [-0.25, -0.2) is 0 Å². The van der Waals surface area contributed by atoms with Crippen molar-refractivity contribution in [2.24, 2.45) is 20.8 Å². The number of fused-ring (bicyclic) bond motifs is 12. The molecule has 0 saturated carbocycles. The van der Waals surface area contributed by atoms with E-state index in [-0.39, 0.29) is 27.7 Å². The first-order valence-corrected chi connectivity index (χ1v) is 27.6. The van der Waals surface area contributed by atoms with Crippen LogP contribution >= 0.6 is 56.7 Å². The summed E-state index contributed by atoms with van der Waals surface area (Å²) in [6, 6.07) is 33.0. The van der Waals surface area contributed by atoms with Gasteiger partial charge in [0, 0.05) is 87.4 Å². The molecule has 0 spiro atoms. The number of hydrogen-bond donors (Lipinski definition) is 0. The predicted molar refractivity (Wildman–Crippen MR) is 287 cm³/mol. The molecule has 1 atom stereocenters. The van der Waals surface area contributed by atoms with Crippen LogP contribution in [0.4, 0.5) is 0 Å². The molecule has 14 bridgehead atoms. The lowest BCUT2D eigenvalue weighted by atomic mass is 9.77. The molecule has 8 heterocycles. The second-order valence-corrected chi connectivity index (χ2v) is 28.3. The van der Waals surface area contributed by atoms with Crippen LogP contribution in [0.25, 0.3) is 22.3 Å². The summed E-state index contributed by atoms with van der Waals surface area (Å²) in [6.45, 7) is 28.0. The van der Waals surface area contributed by atoms with E-state index in [2.05, 4.69) is 193 Å². The lowest BCUT2D eigenvalue weighted by Crippen LogP contribution is -2.20. The van der Waals surface area contributed by atoms with Crippen molar-refractivity contribution in [1.82, 2.24) is 0 Å². The van der Waals surface area contributed by atoms with Crippen molar-refractivity contribution in [3.8, 4) is 0 Å². The Morgan fingerprint density at radius 2 is 0.910 bits per heavy atom. The average molecular weight is 964 g/mol. The van der Waals surface area contributed by atoms with Crippen molar-refractivity contribution >= 4 is 79.0 Å². The maximum atomic E-state index is 5.76. The minimum Gasteiger partial charge on any atom is -0.271 e. The highest BCUT2D eigenvalue weighted by atomic mass is 32.1. The van der Waals surface area contributed by atoms with Crippen LogP contribution in [0.15, 0.2) is 130 Å². The SMILES string of the molecule is CC(C)(C)C1=CC2=c3ccc(s3)=c3ccc(s3)=c3ccc(s3)=C3[CH+]C(C(C)(C)C)=CC4=C3N=c3c4cc(C(C)(C)C)cc3=c3ccc(s3)=c3ccc(s3)=c3cc(C(C)(C)C)cc4c3=NC2C4=C1. The van der Waals surface area contributed by atoms with Gasteiger partial charge >= 0.3 is 0 Å². The monoisotopic (exact) mass is 963 g/mol. The maximum absolute atomic E-state index is 5.76. The van der Waals surface area contributed by atoms with E-state index < -0.39 is 0 Å². The molecule has 1 unspecified atom stereocenters. The van der Waals surface area contributed by atoms with Crippen molar-refractivity contribution in [3.05, 3.63) is 215 Å². The second kappa shape index (κ2) is 14.8. The molecule has 7 aromatic rings. The van der Waals surface area contributed by atoms with Crippen LogP contribution in [0.2, 0.25) is 0 Å². The summed E-state index contributed by atoms with van der Waals surface area (Å²) >= 11 is 9.47. The Kier molecular flexibility index (Phi) is 9.59. The standard InChI is InChI=1S/C60H55N2S5/c1-57(2,3)31-23-35-37-25-33(59(7,8)9)29-41-45-15-19-49(65-45)51-21-22-52(67-51)50-20-16-46(66-50)42-30-34(60(10,11)12)26-38-36-24-32(58(4,5)6)28-40(54(36)62-56(38)42)44-14-18-48(64-44)47-17-13-43(63-47)39(27-31)53(35)61-55(37)41/h13-30,55H,1-12H3/q+1. The maximum Gasteiger partial charge on any atom is 0.169 e. The van der Waals surface area contributed by atoms with Crippen molar-refractivity contribution < 1.29 is 0 Å². The molecule has 0 radical (unpaired) electrons. The third-order valence-electron chi connectivity index (χ3n) is 13.9.